The standard InChI is InChI=1S/C15H18N2O4/c1-20-9-13-14(18)17(15(19)16-13)7-10-3-2-4-11-8-21-6-5-12(10)11/h2-4,13H,5-9H2,1H3,(H,16,19). The molecule has 1 N–H and O–H groups in total. The van der Waals surface area contributed by atoms with Gasteiger partial charge < -0.3 is 14.8 Å². The van der Waals surface area contributed by atoms with E-state index in [9.17, 15) is 9.59 Å². The first-order valence-corrected chi connectivity index (χ1v) is 6.99. The van der Waals surface area contributed by atoms with E-state index in [1.807, 2.05) is 18.2 Å². The molecule has 1 unspecified atom stereocenters. The van der Waals surface area contributed by atoms with Crippen LogP contribution in [-0.4, -0.2) is 43.2 Å². The largest absolute Gasteiger partial charge is 0.382 e. The molecule has 0 aliphatic carbocycles. The number of urea groups is 1. The van der Waals surface area contributed by atoms with Crippen molar-refractivity contribution in [2.45, 2.75) is 25.6 Å². The van der Waals surface area contributed by atoms with Gasteiger partial charge in [-0.3, -0.25) is 9.69 Å². The molecule has 0 bridgehead atoms. The zero-order chi connectivity index (χ0) is 14.8. The predicted molar refractivity (Wildman–Crippen MR) is 74.5 cm³/mol. The van der Waals surface area contributed by atoms with Crippen LogP contribution in [0.2, 0.25) is 0 Å². The van der Waals surface area contributed by atoms with Crippen molar-refractivity contribution in [1.29, 1.82) is 0 Å². The smallest absolute Gasteiger partial charge is 0.325 e. The molecule has 6 nitrogen and oxygen atoms in total. The van der Waals surface area contributed by atoms with Crippen molar-refractivity contribution in [2.75, 3.05) is 20.3 Å². The van der Waals surface area contributed by atoms with Crippen molar-refractivity contribution >= 4 is 11.9 Å². The van der Waals surface area contributed by atoms with Gasteiger partial charge in [-0.05, 0) is 23.1 Å². The van der Waals surface area contributed by atoms with Gasteiger partial charge in [0.25, 0.3) is 5.91 Å². The Hall–Kier alpha value is -1.92. The van der Waals surface area contributed by atoms with Gasteiger partial charge in [0, 0.05) is 7.11 Å². The Morgan fingerprint density at radius 1 is 1.43 bits per heavy atom. The van der Waals surface area contributed by atoms with Crippen LogP contribution in [0.15, 0.2) is 18.2 Å². The third-order valence-corrected chi connectivity index (χ3v) is 3.89. The maximum atomic E-state index is 12.2. The number of fused-ring (bicyclic) bond motifs is 1. The lowest BCUT2D eigenvalue weighted by atomic mass is 9.97. The predicted octanol–water partition coefficient (Wildman–Crippen LogP) is 0.826. The van der Waals surface area contributed by atoms with E-state index >= 15 is 0 Å². The molecule has 0 spiro atoms. The molecule has 0 radical (unpaired) electrons. The summed E-state index contributed by atoms with van der Waals surface area (Å²) in [6.07, 6.45) is 0.816. The Balaban J connectivity index is 1.81. The van der Waals surface area contributed by atoms with Crippen LogP contribution < -0.4 is 5.32 Å². The van der Waals surface area contributed by atoms with Gasteiger partial charge in [-0.2, -0.15) is 0 Å². The van der Waals surface area contributed by atoms with Gasteiger partial charge >= 0.3 is 6.03 Å². The van der Waals surface area contributed by atoms with Gasteiger partial charge in [0.15, 0.2) is 0 Å². The molecule has 2 aliphatic heterocycles. The molecule has 3 amide bonds. The van der Waals surface area contributed by atoms with Gasteiger partial charge in [0.2, 0.25) is 0 Å². The fourth-order valence-electron chi connectivity index (χ4n) is 2.83. The number of rotatable bonds is 4. The van der Waals surface area contributed by atoms with Crippen molar-refractivity contribution in [1.82, 2.24) is 10.2 Å². The fourth-order valence-corrected chi connectivity index (χ4v) is 2.83. The van der Waals surface area contributed by atoms with Gasteiger partial charge in [-0.1, -0.05) is 18.2 Å². The summed E-state index contributed by atoms with van der Waals surface area (Å²) in [5, 5.41) is 2.64. The molecule has 0 saturated carbocycles. The second kappa shape index (κ2) is 5.83. The first kappa shape index (κ1) is 14.0. The highest BCUT2D eigenvalue weighted by atomic mass is 16.5. The maximum Gasteiger partial charge on any atom is 0.325 e. The Morgan fingerprint density at radius 3 is 3.10 bits per heavy atom. The Morgan fingerprint density at radius 2 is 2.29 bits per heavy atom. The molecule has 1 aromatic carbocycles. The van der Waals surface area contributed by atoms with Crippen LogP contribution in [0.4, 0.5) is 4.79 Å². The van der Waals surface area contributed by atoms with Crippen molar-refractivity contribution in [2.24, 2.45) is 0 Å². The lowest BCUT2D eigenvalue weighted by Gasteiger charge is -2.22. The monoisotopic (exact) mass is 290 g/mol. The molecular formula is C15H18N2O4. The number of amides is 3. The van der Waals surface area contributed by atoms with Crippen molar-refractivity contribution in [3.05, 3.63) is 34.9 Å². The number of nitrogens with zero attached hydrogens (tertiary/aromatic N) is 1. The van der Waals surface area contributed by atoms with Crippen molar-refractivity contribution < 1.29 is 19.1 Å². The van der Waals surface area contributed by atoms with E-state index in [-0.39, 0.29) is 18.5 Å². The van der Waals surface area contributed by atoms with Crippen molar-refractivity contribution in [3.8, 4) is 0 Å². The van der Waals surface area contributed by atoms with Gasteiger partial charge in [-0.15, -0.1) is 0 Å². The number of hydrogen-bond acceptors (Lipinski definition) is 4. The highest BCUT2D eigenvalue weighted by Crippen LogP contribution is 2.23. The second-order valence-corrected chi connectivity index (χ2v) is 5.24. The first-order valence-electron chi connectivity index (χ1n) is 6.99. The van der Waals surface area contributed by atoms with E-state index in [2.05, 4.69) is 5.32 Å². The molecular weight excluding hydrogens is 272 g/mol. The summed E-state index contributed by atoms with van der Waals surface area (Å²) >= 11 is 0. The zero-order valence-corrected chi connectivity index (χ0v) is 11.9. The van der Waals surface area contributed by atoms with E-state index in [1.54, 1.807) is 0 Å². The normalized spacial score (nSPS) is 21.4. The molecule has 1 atom stereocenters. The third kappa shape index (κ3) is 2.64. The van der Waals surface area contributed by atoms with E-state index < -0.39 is 6.04 Å². The van der Waals surface area contributed by atoms with Crippen LogP contribution in [0.25, 0.3) is 0 Å². The molecule has 2 aliphatic rings. The average molecular weight is 290 g/mol. The number of carbonyl (C=O) groups excluding carboxylic acids is 2. The average Bonchev–Trinajstić information content (AvgIpc) is 2.76. The number of carbonyl (C=O) groups is 2. The maximum absolute atomic E-state index is 12.2. The summed E-state index contributed by atoms with van der Waals surface area (Å²) in [7, 11) is 1.51. The lowest BCUT2D eigenvalue weighted by molar-refractivity contribution is -0.128. The Bertz CT molecular complexity index is 573. The molecule has 112 valence electrons. The summed E-state index contributed by atoms with van der Waals surface area (Å²) in [5.41, 5.74) is 3.34. The summed E-state index contributed by atoms with van der Waals surface area (Å²) < 4.78 is 10.4. The van der Waals surface area contributed by atoms with Crippen LogP contribution >= 0.6 is 0 Å². The van der Waals surface area contributed by atoms with Crippen LogP contribution in [0.5, 0.6) is 0 Å². The topological polar surface area (TPSA) is 67.9 Å². The number of ether oxygens (including phenoxy) is 2. The van der Waals surface area contributed by atoms with E-state index in [0.717, 1.165) is 17.5 Å². The van der Waals surface area contributed by atoms with Gasteiger partial charge in [0.1, 0.15) is 6.04 Å². The Labute approximate surface area is 123 Å². The quantitative estimate of drug-likeness (QED) is 0.834. The fraction of sp³-hybridized carbons (Fsp3) is 0.467. The van der Waals surface area contributed by atoms with E-state index in [4.69, 9.17) is 9.47 Å². The van der Waals surface area contributed by atoms with Crippen LogP contribution in [-0.2, 0) is 33.8 Å². The number of nitrogens with one attached hydrogen (secondary N) is 1. The summed E-state index contributed by atoms with van der Waals surface area (Å²) in [5.74, 6) is -0.230. The minimum absolute atomic E-state index is 0.196. The number of methoxy groups -OCH3 is 1. The molecule has 1 fully saturated rings. The van der Waals surface area contributed by atoms with E-state index in [0.29, 0.717) is 19.8 Å². The van der Waals surface area contributed by atoms with Crippen LogP contribution in [0.1, 0.15) is 16.7 Å². The highest BCUT2D eigenvalue weighted by molar-refractivity contribution is 6.04. The third-order valence-electron chi connectivity index (χ3n) is 3.89. The Kier molecular flexibility index (Phi) is 3.90. The minimum Gasteiger partial charge on any atom is -0.382 e. The number of benzene rings is 1. The number of hydrogen-bond donors (Lipinski definition) is 1. The molecule has 3 rings (SSSR count). The van der Waals surface area contributed by atoms with E-state index in [1.165, 1.54) is 17.6 Å². The minimum atomic E-state index is -0.578. The van der Waals surface area contributed by atoms with Crippen molar-refractivity contribution in [3.63, 3.8) is 0 Å². The molecule has 6 heteroatoms. The molecule has 1 aromatic rings. The molecule has 1 saturated heterocycles. The summed E-state index contributed by atoms with van der Waals surface area (Å²) in [4.78, 5) is 25.4. The summed E-state index contributed by atoms with van der Waals surface area (Å²) in [6.45, 7) is 1.77. The van der Waals surface area contributed by atoms with Gasteiger partial charge in [-0.25, -0.2) is 4.79 Å². The zero-order valence-electron chi connectivity index (χ0n) is 11.9. The second-order valence-electron chi connectivity index (χ2n) is 5.24. The summed E-state index contributed by atoms with van der Waals surface area (Å²) in [6, 6.07) is 5.00. The SMILES string of the molecule is COCC1NC(=O)N(Cc2cccc3c2CCOC3)C1=O. The molecule has 2 heterocycles. The van der Waals surface area contributed by atoms with Crippen LogP contribution in [0.3, 0.4) is 0 Å². The van der Waals surface area contributed by atoms with Gasteiger partial charge in [0.05, 0.1) is 26.4 Å². The lowest BCUT2D eigenvalue weighted by Crippen LogP contribution is -2.34. The highest BCUT2D eigenvalue weighted by Gasteiger charge is 2.38. The molecule has 21 heavy (non-hydrogen) atoms. The molecule has 0 aromatic heterocycles. The number of imide groups is 1. The first-order chi connectivity index (χ1) is 10.2. The van der Waals surface area contributed by atoms with Crippen LogP contribution in [0, 0.1) is 0 Å².